The normalized spacial score (nSPS) is 13.3. The van der Waals surface area contributed by atoms with Crippen LogP contribution in [0.1, 0.15) is 53.0 Å². The average Bonchev–Trinajstić information content (AvgIpc) is 3.20. The Morgan fingerprint density at radius 2 is 1.70 bits per heavy atom. The number of sulfonamides is 1. The van der Waals surface area contributed by atoms with E-state index in [1.807, 2.05) is 13.8 Å². The van der Waals surface area contributed by atoms with Crippen LogP contribution in [0.25, 0.3) is 10.9 Å². The Bertz CT molecular complexity index is 1380. The molecule has 1 atom stereocenters. The molecule has 0 bridgehead atoms. The summed E-state index contributed by atoms with van der Waals surface area (Å²) < 4.78 is 35.5. The quantitative estimate of drug-likeness (QED) is 0.377. The van der Waals surface area contributed by atoms with Crippen LogP contribution in [0.3, 0.4) is 0 Å². The minimum absolute atomic E-state index is 0.0184. The predicted molar refractivity (Wildman–Crippen MR) is 145 cm³/mol. The van der Waals surface area contributed by atoms with Gasteiger partial charge in [-0.25, -0.2) is 13.2 Å². The molecule has 3 aromatic rings. The third-order valence-electron chi connectivity index (χ3n) is 5.80. The van der Waals surface area contributed by atoms with Gasteiger partial charge in [-0.3, -0.25) is 9.36 Å². The number of carbonyl (C=O) groups excluding carboxylic acids is 2. The van der Waals surface area contributed by atoms with E-state index in [1.54, 1.807) is 51.2 Å². The van der Waals surface area contributed by atoms with Gasteiger partial charge >= 0.3 is 6.09 Å². The number of primary amides is 1. The zero-order valence-electron chi connectivity index (χ0n) is 21.8. The lowest BCUT2D eigenvalue weighted by atomic mass is 10.0. The summed E-state index contributed by atoms with van der Waals surface area (Å²) in [6.45, 7) is 9.29. The van der Waals surface area contributed by atoms with Gasteiger partial charge in [-0.15, -0.1) is 0 Å². The molecule has 0 radical (unpaired) electrons. The highest BCUT2D eigenvalue weighted by atomic mass is 35.5. The summed E-state index contributed by atoms with van der Waals surface area (Å²) in [5.41, 5.74) is 6.35. The number of nitrogens with two attached hydrogens (primary N) is 1. The van der Waals surface area contributed by atoms with Gasteiger partial charge in [0.1, 0.15) is 11.6 Å². The van der Waals surface area contributed by atoms with Gasteiger partial charge in [0.05, 0.1) is 10.4 Å². The molecule has 0 fully saturated rings. The molecule has 3 rings (SSSR count). The van der Waals surface area contributed by atoms with Crippen molar-refractivity contribution in [2.45, 2.75) is 70.5 Å². The van der Waals surface area contributed by atoms with Crippen LogP contribution in [-0.2, 0) is 26.1 Å². The molecule has 0 saturated heterocycles. The van der Waals surface area contributed by atoms with Crippen LogP contribution in [0.4, 0.5) is 4.79 Å². The summed E-state index contributed by atoms with van der Waals surface area (Å²) in [6.07, 6.45) is 2.01. The molecular formula is C27H34ClN3O5S. The number of ether oxygens (including phenoxy) is 1. The van der Waals surface area contributed by atoms with E-state index in [1.165, 1.54) is 28.8 Å². The van der Waals surface area contributed by atoms with E-state index < -0.39 is 33.7 Å². The Balaban J connectivity index is 2.01. The molecule has 37 heavy (non-hydrogen) atoms. The molecule has 1 amide bonds. The maximum Gasteiger partial charge on any atom is 0.418 e. The van der Waals surface area contributed by atoms with Gasteiger partial charge in [-0.2, -0.15) is 4.31 Å². The van der Waals surface area contributed by atoms with Crippen molar-refractivity contribution < 1.29 is 22.7 Å². The number of nitrogens with zero attached hydrogens (tertiary/aromatic N) is 2. The van der Waals surface area contributed by atoms with Crippen molar-refractivity contribution in [1.82, 2.24) is 8.87 Å². The van der Waals surface area contributed by atoms with Crippen LogP contribution in [-0.4, -0.2) is 40.9 Å². The third kappa shape index (κ3) is 7.12. The first kappa shape index (κ1) is 28.7. The maximum atomic E-state index is 13.7. The first-order chi connectivity index (χ1) is 17.2. The fraction of sp³-hybridized carbons (Fsp3) is 0.407. The van der Waals surface area contributed by atoms with E-state index in [4.69, 9.17) is 22.1 Å². The van der Waals surface area contributed by atoms with Crippen LogP contribution in [0.5, 0.6) is 0 Å². The Morgan fingerprint density at radius 1 is 1.05 bits per heavy atom. The second kappa shape index (κ2) is 11.2. The molecule has 0 aliphatic rings. The fourth-order valence-corrected chi connectivity index (χ4v) is 5.70. The summed E-state index contributed by atoms with van der Waals surface area (Å²) in [4.78, 5) is 25.1. The molecular weight excluding hydrogens is 514 g/mol. The second-order valence-corrected chi connectivity index (χ2v) is 12.8. The molecule has 200 valence electrons. The zero-order chi connectivity index (χ0) is 27.5. The molecule has 0 spiro atoms. The number of amides is 1. The Morgan fingerprint density at radius 3 is 2.27 bits per heavy atom. The molecule has 0 aliphatic heterocycles. The first-order valence-electron chi connectivity index (χ1n) is 12.1. The number of carbonyl (C=O) groups is 2. The van der Waals surface area contributed by atoms with E-state index in [-0.39, 0.29) is 23.8 Å². The number of halogens is 1. The van der Waals surface area contributed by atoms with E-state index >= 15 is 0 Å². The van der Waals surface area contributed by atoms with Crippen molar-refractivity contribution in [2.24, 2.45) is 11.7 Å². The monoisotopic (exact) mass is 547 g/mol. The van der Waals surface area contributed by atoms with Crippen molar-refractivity contribution in [3.63, 3.8) is 0 Å². The Hall–Kier alpha value is -2.88. The molecule has 0 aliphatic carbocycles. The van der Waals surface area contributed by atoms with Gasteiger partial charge in [0.25, 0.3) is 0 Å². The van der Waals surface area contributed by atoms with E-state index in [0.717, 1.165) is 9.69 Å². The van der Waals surface area contributed by atoms with Gasteiger partial charge in [-0.05, 0) is 87.6 Å². The highest BCUT2D eigenvalue weighted by Gasteiger charge is 2.35. The van der Waals surface area contributed by atoms with Crippen LogP contribution in [0, 0.1) is 5.92 Å². The van der Waals surface area contributed by atoms with E-state index in [9.17, 15) is 18.0 Å². The summed E-state index contributed by atoms with van der Waals surface area (Å²) in [6, 6.07) is 11.8. The fourth-order valence-electron chi connectivity index (χ4n) is 3.96. The lowest BCUT2D eigenvalue weighted by Gasteiger charge is -2.29. The summed E-state index contributed by atoms with van der Waals surface area (Å²) >= 11 is 5.97. The van der Waals surface area contributed by atoms with E-state index in [0.29, 0.717) is 22.5 Å². The largest absolute Gasteiger partial charge is 0.443 e. The lowest BCUT2D eigenvalue weighted by Crippen LogP contribution is -2.47. The molecule has 10 heteroatoms. The van der Waals surface area contributed by atoms with Crippen LogP contribution in [0.15, 0.2) is 59.6 Å². The molecule has 1 aromatic heterocycles. The van der Waals surface area contributed by atoms with Crippen molar-refractivity contribution in [3.05, 3.63) is 65.3 Å². The van der Waals surface area contributed by atoms with Gasteiger partial charge in [0.2, 0.25) is 15.9 Å². The standard InChI is InChI=1S/C27H34ClN3O5S/c1-18(2)6-12-24(25(29)32)31(37(34,35)22-10-8-21(28)9-11-22)17-19-7-13-23-20(16-19)14-15-30(23)26(33)36-27(3,4)5/h7-11,13-16,18,24H,6,12,17H2,1-5H3,(H2,29,32)/t24-/m1/s1. The molecule has 2 aromatic carbocycles. The molecule has 0 saturated carbocycles. The highest BCUT2D eigenvalue weighted by molar-refractivity contribution is 7.89. The number of hydrogen-bond acceptors (Lipinski definition) is 5. The number of fused-ring (bicyclic) bond motifs is 1. The van der Waals surface area contributed by atoms with Crippen LogP contribution < -0.4 is 5.73 Å². The summed E-state index contributed by atoms with van der Waals surface area (Å²) in [5.74, 6) is -0.457. The lowest BCUT2D eigenvalue weighted by molar-refractivity contribution is -0.122. The second-order valence-electron chi connectivity index (χ2n) is 10.5. The van der Waals surface area contributed by atoms with Crippen molar-refractivity contribution in [2.75, 3.05) is 0 Å². The number of aromatic nitrogens is 1. The Labute approximate surface area is 223 Å². The molecule has 1 heterocycles. The van der Waals surface area contributed by atoms with Crippen molar-refractivity contribution in [3.8, 4) is 0 Å². The summed E-state index contributed by atoms with van der Waals surface area (Å²) in [7, 11) is -4.10. The number of hydrogen-bond donors (Lipinski definition) is 1. The molecule has 8 nitrogen and oxygen atoms in total. The van der Waals surface area contributed by atoms with Gasteiger partial charge < -0.3 is 10.5 Å². The van der Waals surface area contributed by atoms with E-state index in [2.05, 4.69) is 0 Å². The van der Waals surface area contributed by atoms with Gasteiger partial charge in [0.15, 0.2) is 0 Å². The summed E-state index contributed by atoms with van der Waals surface area (Å²) in [5, 5.41) is 1.13. The van der Waals surface area contributed by atoms with Crippen LogP contribution >= 0.6 is 11.6 Å². The first-order valence-corrected chi connectivity index (χ1v) is 13.9. The van der Waals surface area contributed by atoms with Crippen LogP contribution in [0.2, 0.25) is 5.02 Å². The van der Waals surface area contributed by atoms with Gasteiger partial charge in [0, 0.05) is 23.2 Å². The van der Waals surface area contributed by atoms with Gasteiger partial charge in [-0.1, -0.05) is 31.5 Å². The third-order valence-corrected chi connectivity index (χ3v) is 7.92. The number of rotatable bonds is 9. The zero-order valence-corrected chi connectivity index (χ0v) is 23.3. The average molecular weight is 548 g/mol. The minimum Gasteiger partial charge on any atom is -0.443 e. The predicted octanol–water partition coefficient (Wildman–Crippen LogP) is 5.56. The molecule has 2 N–H and O–H groups in total. The maximum absolute atomic E-state index is 13.7. The topological polar surface area (TPSA) is 112 Å². The Kier molecular flexibility index (Phi) is 8.72. The smallest absolute Gasteiger partial charge is 0.418 e. The SMILES string of the molecule is CC(C)CC[C@H](C(N)=O)N(Cc1ccc2c(ccn2C(=O)OC(C)(C)C)c1)S(=O)(=O)c1ccc(Cl)cc1. The van der Waals surface area contributed by atoms with Crippen molar-refractivity contribution in [1.29, 1.82) is 0 Å². The van der Waals surface area contributed by atoms with Crippen molar-refractivity contribution >= 4 is 44.5 Å². The highest BCUT2D eigenvalue weighted by Crippen LogP contribution is 2.27. The number of benzene rings is 2. The molecule has 0 unspecified atom stereocenters. The minimum atomic E-state index is -4.10.